The van der Waals surface area contributed by atoms with E-state index < -0.39 is 29.1 Å². The van der Waals surface area contributed by atoms with Crippen LogP contribution in [0.25, 0.3) is 27.5 Å². The normalized spacial score (nSPS) is 11.7. The lowest BCUT2D eigenvalue weighted by molar-refractivity contribution is 0.572. The lowest BCUT2D eigenvalue weighted by atomic mass is 10.1. The first-order valence-corrected chi connectivity index (χ1v) is 8.26. The van der Waals surface area contributed by atoms with Gasteiger partial charge >= 0.3 is 0 Å². The van der Waals surface area contributed by atoms with E-state index in [9.17, 15) is 22.0 Å². The molecule has 0 N–H and O–H groups in total. The Bertz CT molecular complexity index is 1180. The Morgan fingerprint density at radius 2 is 1.11 bits per heavy atom. The Kier molecular flexibility index (Phi) is 3.77. The molecule has 0 spiro atoms. The van der Waals surface area contributed by atoms with Crippen LogP contribution in [-0.4, -0.2) is 4.57 Å². The molecule has 1 aromatic heterocycles. The van der Waals surface area contributed by atoms with Crippen molar-refractivity contribution in [2.24, 2.45) is 0 Å². The van der Waals surface area contributed by atoms with Crippen molar-refractivity contribution in [2.75, 3.05) is 0 Å². The SMILES string of the molecule is Cc1ccc(-n2c3cc(F)c(C)c(F)c3c3c(F)c(C)c(F)cc32)c(F)c1. The molecule has 0 aliphatic heterocycles. The maximum atomic E-state index is 14.9. The molecule has 0 atom stereocenters. The average Bonchev–Trinajstić information content (AvgIpc) is 2.92. The lowest BCUT2D eigenvalue weighted by Gasteiger charge is -2.11. The van der Waals surface area contributed by atoms with Crippen molar-refractivity contribution < 1.29 is 22.0 Å². The van der Waals surface area contributed by atoms with E-state index in [-0.39, 0.29) is 38.6 Å². The van der Waals surface area contributed by atoms with Gasteiger partial charge in [-0.3, -0.25) is 0 Å². The smallest absolute Gasteiger partial charge is 0.147 e. The first-order valence-electron chi connectivity index (χ1n) is 8.26. The number of hydrogen-bond acceptors (Lipinski definition) is 0. The van der Waals surface area contributed by atoms with Gasteiger partial charge in [-0.15, -0.1) is 0 Å². The van der Waals surface area contributed by atoms with Gasteiger partial charge in [0.15, 0.2) is 0 Å². The molecule has 6 heteroatoms. The summed E-state index contributed by atoms with van der Waals surface area (Å²) in [6, 6.07) is 6.29. The van der Waals surface area contributed by atoms with Crippen LogP contribution in [0.2, 0.25) is 0 Å². The number of fused-ring (bicyclic) bond motifs is 3. The van der Waals surface area contributed by atoms with Gasteiger partial charge in [0.2, 0.25) is 0 Å². The van der Waals surface area contributed by atoms with Gasteiger partial charge in [0, 0.05) is 21.9 Å². The summed E-state index contributed by atoms with van der Waals surface area (Å²) in [4.78, 5) is 0. The standard InChI is InChI=1S/C21H14F5N/c1-9-4-5-15(14(24)6-9)27-16-7-12(22)10(2)20(25)18(16)19-17(27)8-13(23)11(3)21(19)26/h4-8H,1-3H3. The van der Waals surface area contributed by atoms with Gasteiger partial charge in [-0.1, -0.05) is 6.07 Å². The Balaban J connectivity index is 2.33. The summed E-state index contributed by atoms with van der Waals surface area (Å²) in [6.07, 6.45) is 0. The largest absolute Gasteiger partial charge is 0.306 e. The fourth-order valence-corrected chi connectivity index (χ4v) is 3.42. The first-order chi connectivity index (χ1) is 12.7. The van der Waals surface area contributed by atoms with Crippen molar-refractivity contribution in [3.8, 4) is 5.69 Å². The van der Waals surface area contributed by atoms with Crippen molar-refractivity contribution in [1.82, 2.24) is 4.57 Å². The Labute approximate surface area is 151 Å². The molecular formula is C21H14F5N. The predicted molar refractivity (Wildman–Crippen MR) is 94.8 cm³/mol. The van der Waals surface area contributed by atoms with E-state index >= 15 is 0 Å². The molecule has 0 radical (unpaired) electrons. The second kappa shape index (κ2) is 5.81. The molecule has 0 saturated heterocycles. The van der Waals surface area contributed by atoms with Crippen LogP contribution in [0.3, 0.4) is 0 Å². The summed E-state index contributed by atoms with van der Waals surface area (Å²) in [7, 11) is 0. The van der Waals surface area contributed by atoms with E-state index in [1.165, 1.54) is 26.0 Å². The number of benzene rings is 3. The van der Waals surface area contributed by atoms with Crippen molar-refractivity contribution in [1.29, 1.82) is 0 Å². The topological polar surface area (TPSA) is 4.93 Å². The third kappa shape index (κ3) is 2.36. The minimum Gasteiger partial charge on any atom is -0.306 e. The van der Waals surface area contributed by atoms with Gasteiger partial charge in [0.1, 0.15) is 29.1 Å². The molecule has 0 saturated carbocycles. The summed E-state index contributed by atoms with van der Waals surface area (Å²) in [5, 5.41) is -0.408. The molecule has 0 aliphatic rings. The minimum atomic E-state index is -0.953. The van der Waals surface area contributed by atoms with E-state index in [4.69, 9.17) is 0 Å². The molecule has 1 nitrogen and oxygen atoms in total. The summed E-state index contributed by atoms with van der Waals surface area (Å²) < 4.78 is 74.0. The molecule has 27 heavy (non-hydrogen) atoms. The highest BCUT2D eigenvalue weighted by Gasteiger charge is 2.25. The van der Waals surface area contributed by atoms with Gasteiger partial charge in [-0.05, 0) is 50.6 Å². The second-order valence-corrected chi connectivity index (χ2v) is 6.67. The number of nitrogens with zero attached hydrogens (tertiary/aromatic N) is 1. The van der Waals surface area contributed by atoms with E-state index in [0.717, 1.165) is 16.7 Å². The van der Waals surface area contributed by atoms with Crippen LogP contribution in [-0.2, 0) is 0 Å². The van der Waals surface area contributed by atoms with Crippen LogP contribution in [0.1, 0.15) is 16.7 Å². The maximum Gasteiger partial charge on any atom is 0.147 e. The van der Waals surface area contributed by atoms with Crippen LogP contribution in [0.4, 0.5) is 22.0 Å². The Morgan fingerprint density at radius 1 is 0.630 bits per heavy atom. The number of rotatable bonds is 1. The molecule has 4 aromatic rings. The molecule has 0 aliphatic carbocycles. The molecule has 138 valence electrons. The Morgan fingerprint density at radius 3 is 1.56 bits per heavy atom. The van der Waals surface area contributed by atoms with Crippen LogP contribution in [0.15, 0.2) is 30.3 Å². The quantitative estimate of drug-likeness (QED) is 0.339. The molecule has 3 aromatic carbocycles. The van der Waals surface area contributed by atoms with E-state index in [2.05, 4.69) is 0 Å². The van der Waals surface area contributed by atoms with Crippen LogP contribution < -0.4 is 0 Å². The predicted octanol–water partition coefficient (Wildman–Crippen LogP) is 6.40. The van der Waals surface area contributed by atoms with Crippen molar-refractivity contribution in [3.63, 3.8) is 0 Å². The highest BCUT2D eigenvalue weighted by molar-refractivity contribution is 6.10. The molecule has 0 unspecified atom stereocenters. The van der Waals surface area contributed by atoms with Gasteiger partial charge in [-0.2, -0.15) is 0 Å². The molecule has 0 amide bonds. The van der Waals surface area contributed by atoms with Gasteiger partial charge in [-0.25, -0.2) is 22.0 Å². The van der Waals surface area contributed by atoms with Crippen molar-refractivity contribution in [2.45, 2.75) is 20.8 Å². The minimum absolute atomic E-state index is 0.0501. The highest BCUT2D eigenvalue weighted by atomic mass is 19.1. The van der Waals surface area contributed by atoms with E-state index in [0.29, 0.717) is 5.56 Å². The highest BCUT2D eigenvalue weighted by Crippen LogP contribution is 2.39. The third-order valence-corrected chi connectivity index (χ3v) is 4.93. The molecule has 0 bridgehead atoms. The van der Waals surface area contributed by atoms with Gasteiger partial charge in [0.25, 0.3) is 0 Å². The summed E-state index contributed by atoms with van der Waals surface area (Å²) in [6.45, 7) is 4.15. The molecular weight excluding hydrogens is 361 g/mol. The molecule has 4 rings (SSSR count). The first kappa shape index (κ1) is 17.5. The summed E-state index contributed by atoms with van der Waals surface area (Å²) >= 11 is 0. The van der Waals surface area contributed by atoms with Gasteiger partial charge in [0.05, 0.1) is 16.7 Å². The lowest BCUT2D eigenvalue weighted by Crippen LogP contribution is -2.00. The summed E-state index contributed by atoms with van der Waals surface area (Å²) in [5.74, 6) is -4.28. The Hall–Kier alpha value is -2.89. The van der Waals surface area contributed by atoms with Crippen LogP contribution in [0.5, 0.6) is 0 Å². The van der Waals surface area contributed by atoms with E-state index in [1.807, 2.05) is 0 Å². The van der Waals surface area contributed by atoms with Crippen molar-refractivity contribution in [3.05, 3.63) is 76.1 Å². The van der Waals surface area contributed by atoms with Crippen LogP contribution in [0, 0.1) is 49.9 Å². The zero-order chi connectivity index (χ0) is 19.6. The number of halogens is 5. The molecule has 1 heterocycles. The van der Waals surface area contributed by atoms with Gasteiger partial charge < -0.3 is 4.57 Å². The number of aryl methyl sites for hydroxylation is 1. The van der Waals surface area contributed by atoms with Crippen molar-refractivity contribution >= 4 is 21.8 Å². The second-order valence-electron chi connectivity index (χ2n) is 6.67. The average molecular weight is 375 g/mol. The third-order valence-electron chi connectivity index (χ3n) is 4.93. The summed E-state index contributed by atoms with van der Waals surface area (Å²) in [5.41, 5.74) is -0.126. The maximum absolute atomic E-state index is 14.9. The van der Waals surface area contributed by atoms with E-state index in [1.54, 1.807) is 13.0 Å². The fourth-order valence-electron chi connectivity index (χ4n) is 3.42. The fraction of sp³-hybridized carbons (Fsp3) is 0.143. The number of hydrogen-bond donors (Lipinski definition) is 0. The van der Waals surface area contributed by atoms with Crippen LogP contribution >= 0.6 is 0 Å². The number of aromatic nitrogens is 1. The molecule has 0 fully saturated rings. The monoisotopic (exact) mass is 375 g/mol. The zero-order valence-electron chi connectivity index (χ0n) is 14.7. The zero-order valence-corrected chi connectivity index (χ0v) is 14.7.